The molecule has 4 nitrogen and oxygen atoms in total. The van der Waals surface area contributed by atoms with Crippen molar-refractivity contribution in [3.8, 4) is 11.5 Å². The molecule has 0 amide bonds. The molecule has 29 heavy (non-hydrogen) atoms. The van der Waals surface area contributed by atoms with Gasteiger partial charge in [0.15, 0.2) is 0 Å². The minimum atomic E-state index is -0.304. The molecule has 146 valence electrons. The summed E-state index contributed by atoms with van der Waals surface area (Å²) in [6, 6.07) is 22.0. The highest BCUT2D eigenvalue weighted by Gasteiger charge is 2.41. The first-order chi connectivity index (χ1) is 14.1. The van der Waals surface area contributed by atoms with Crippen LogP contribution < -0.4 is 9.47 Å². The van der Waals surface area contributed by atoms with Gasteiger partial charge in [0.1, 0.15) is 11.5 Å². The molecule has 0 aromatic heterocycles. The van der Waals surface area contributed by atoms with Gasteiger partial charge in [-0.1, -0.05) is 39.7 Å². The van der Waals surface area contributed by atoms with Crippen LogP contribution in [0.5, 0.6) is 11.5 Å². The van der Waals surface area contributed by atoms with Gasteiger partial charge in [0.25, 0.3) is 0 Å². The molecule has 6 heteroatoms. The first kappa shape index (κ1) is 18.5. The molecule has 0 saturated heterocycles. The Morgan fingerprint density at radius 1 is 1.07 bits per heavy atom. The lowest BCUT2D eigenvalue weighted by Crippen LogP contribution is -2.33. The third-order valence-corrected chi connectivity index (χ3v) is 6.08. The predicted octanol–water partition coefficient (Wildman–Crippen LogP) is 6.35. The number of rotatable bonds is 3. The molecule has 0 bridgehead atoms. The standard InChI is InChI=1S/C23H18BrClN2O2/c1-28-18-9-4-14(5-10-18)20-13-21-19-12-16(24)6-11-22(19)29-23(27(21)26-20)15-2-7-17(25)8-3-15/h2-12,21,23H,13H2,1H3/t21-,23+/m0/s1. The highest BCUT2D eigenvalue weighted by molar-refractivity contribution is 9.10. The number of methoxy groups -OCH3 is 1. The second-order valence-electron chi connectivity index (χ2n) is 7.08. The fourth-order valence-electron chi connectivity index (χ4n) is 3.86. The summed E-state index contributed by atoms with van der Waals surface area (Å²) in [6.07, 6.45) is 0.505. The van der Waals surface area contributed by atoms with Crippen molar-refractivity contribution in [3.05, 3.63) is 92.9 Å². The fourth-order valence-corrected chi connectivity index (χ4v) is 4.37. The van der Waals surface area contributed by atoms with Gasteiger partial charge in [-0.25, -0.2) is 5.01 Å². The Bertz CT molecular complexity index is 1080. The van der Waals surface area contributed by atoms with Crippen LogP contribution in [0.3, 0.4) is 0 Å². The van der Waals surface area contributed by atoms with Crippen LogP contribution in [-0.2, 0) is 0 Å². The van der Waals surface area contributed by atoms with Gasteiger partial charge >= 0.3 is 0 Å². The van der Waals surface area contributed by atoms with Gasteiger partial charge in [-0.2, -0.15) is 5.10 Å². The zero-order valence-corrected chi connectivity index (χ0v) is 18.0. The minimum absolute atomic E-state index is 0.106. The van der Waals surface area contributed by atoms with Crippen molar-refractivity contribution >= 4 is 33.2 Å². The normalized spacial score (nSPS) is 19.8. The summed E-state index contributed by atoms with van der Waals surface area (Å²) in [5.74, 6) is 1.72. The zero-order valence-electron chi connectivity index (χ0n) is 15.7. The Morgan fingerprint density at radius 2 is 1.83 bits per heavy atom. The Hall–Kier alpha value is -2.50. The summed E-state index contributed by atoms with van der Waals surface area (Å²) < 4.78 is 12.7. The number of hydrazone groups is 1. The molecule has 0 fully saturated rings. The van der Waals surface area contributed by atoms with E-state index in [1.54, 1.807) is 7.11 Å². The molecular weight excluding hydrogens is 452 g/mol. The number of halogens is 2. The van der Waals surface area contributed by atoms with E-state index < -0.39 is 0 Å². The van der Waals surface area contributed by atoms with E-state index in [0.717, 1.165) is 44.8 Å². The van der Waals surface area contributed by atoms with Crippen molar-refractivity contribution < 1.29 is 9.47 Å². The Kier molecular flexibility index (Phi) is 4.72. The SMILES string of the molecule is COc1ccc(C2=NN3[C@@H](c4ccc(Cl)cc4)Oc4ccc(Br)cc4[C@@H]3C2)cc1. The number of ether oxygens (including phenoxy) is 2. The van der Waals surface area contributed by atoms with E-state index in [0.29, 0.717) is 5.02 Å². The highest BCUT2D eigenvalue weighted by atomic mass is 79.9. The van der Waals surface area contributed by atoms with E-state index in [-0.39, 0.29) is 12.3 Å². The van der Waals surface area contributed by atoms with E-state index in [1.807, 2.05) is 48.5 Å². The molecule has 3 aromatic carbocycles. The van der Waals surface area contributed by atoms with Crippen LogP contribution in [0.4, 0.5) is 0 Å². The van der Waals surface area contributed by atoms with E-state index >= 15 is 0 Å². The molecular formula is C23H18BrClN2O2. The maximum Gasteiger partial charge on any atom is 0.213 e. The molecule has 0 unspecified atom stereocenters. The lowest BCUT2D eigenvalue weighted by Gasteiger charge is -2.38. The zero-order chi connectivity index (χ0) is 20.0. The molecule has 0 N–H and O–H groups in total. The predicted molar refractivity (Wildman–Crippen MR) is 118 cm³/mol. The molecule has 0 aliphatic carbocycles. The summed E-state index contributed by atoms with van der Waals surface area (Å²) in [6.45, 7) is 0. The average Bonchev–Trinajstić information content (AvgIpc) is 3.20. The molecule has 0 radical (unpaired) electrons. The molecule has 0 saturated carbocycles. The second-order valence-corrected chi connectivity index (χ2v) is 8.43. The van der Waals surface area contributed by atoms with Crippen LogP contribution >= 0.6 is 27.5 Å². The van der Waals surface area contributed by atoms with E-state index in [9.17, 15) is 0 Å². The van der Waals surface area contributed by atoms with Crippen LogP contribution in [0.2, 0.25) is 5.02 Å². The third kappa shape index (κ3) is 3.38. The summed E-state index contributed by atoms with van der Waals surface area (Å²) in [7, 11) is 1.67. The van der Waals surface area contributed by atoms with Crippen molar-refractivity contribution in [2.75, 3.05) is 7.11 Å². The molecule has 2 atom stereocenters. The Morgan fingerprint density at radius 3 is 2.55 bits per heavy atom. The number of fused-ring (bicyclic) bond motifs is 3. The van der Waals surface area contributed by atoms with Gasteiger partial charge in [0.2, 0.25) is 6.23 Å². The van der Waals surface area contributed by atoms with Crippen molar-refractivity contribution in [2.24, 2.45) is 5.10 Å². The molecule has 3 aromatic rings. The number of hydrogen-bond acceptors (Lipinski definition) is 4. The van der Waals surface area contributed by atoms with Crippen molar-refractivity contribution in [2.45, 2.75) is 18.7 Å². The third-order valence-electron chi connectivity index (χ3n) is 5.33. The maximum absolute atomic E-state index is 6.38. The number of hydrogen-bond donors (Lipinski definition) is 0. The Balaban J connectivity index is 1.57. The molecule has 2 aliphatic heterocycles. The summed E-state index contributed by atoms with van der Waals surface area (Å²) in [4.78, 5) is 0. The largest absolute Gasteiger partial charge is 0.497 e. The van der Waals surface area contributed by atoms with Gasteiger partial charge in [-0.3, -0.25) is 0 Å². The van der Waals surface area contributed by atoms with Gasteiger partial charge in [0, 0.05) is 27.0 Å². The van der Waals surface area contributed by atoms with Crippen LogP contribution in [-0.4, -0.2) is 17.8 Å². The van der Waals surface area contributed by atoms with E-state index in [1.165, 1.54) is 0 Å². The first-order valence-corrected chi connectivity index (χ1v) is 10.5. The van der Waals surface area contributed by atoms with Crippen molar-refractivity contribution in [3.63, 3.8) is 0 Å². The lowest BCUT2D eigenvalue weighted by atomic mass is 9.96. The monoisotopic (exact) mass is 468 g/mol. The fraction of sp³-hybridized carbons (Fsp3) is 0.174. The molecule has 2 heterocycles. The van der Waals surface area contributed by atoms with Gasteiger partial charge in [-0.05, 0) is 60.2 Å². The van der Waals surface area contributed by atoms with Crippen LogP contribution in [0.25, 0.3) is 0 Å². The number of benzene rings is 3. The highest BCUT2D eigenvalue weighted by Crippen LogP contribution is 2.48. The van der Waals surface area contributed by atoms with Crippen molar-refractivity contribution in [1.82, 2.24) is 5.01 Å². The molecule has 5 rings (SSSR count). The summed E-state index contributed by atoms with van der Waals surface area (Å²) in [5, 5.41) is 7.75. The van der Waals surface area contributed by atoms with Crippen LogP contribution in [0.15, 0.2) is 76.3 Å². The maximum atomic E-state index is 6.38. The van der Waals surface area contributed by atoms with Crippen LogP contribution in [0, 0.1) is 0 Å². The smallest absolute Gasteiger partial charge is 0.213 e. The first-order valence-electron chi connectivity index (χ1n) is 9.34. The van der Waals surface area contributed by atoms with Crippen molar-refractivity contribution in [1.29, 1.82) is 0 Å². The second kappa shape index (κ2) is 7.39. The van der Waals surface area contributed by atoms with E-state index in [4.69, 9.17) is 26.2 Å². The van der Waals surface area contributed by atoms with Gasteiger partial charge < -0.3 is 9.47 Å². The Labute approximate surface area is 182 Å². The average molecular weight is 470 g/mol. The lowest BCUT2D eigenvalue weighted by molar-refractivity contribution is -0.0190. The number of nitrogens with zero attached hydrogens (tertiary/aromatic N) is 2. The molecule has 0 spiro atoms. The topological polar surface area (TPSA) is 34.1 Å². The quantitative estimate of drug-likeness (QED) is 0.448. The minimum Gasteiger partial charge on any atom is -0.497 e. The van der Waals surface area contributed by atoms with Gasteiger partial charge in [-0.15, -0.1) is 0 Å². The summed E-state index contributed by atoms with van der Waals surface area (Å²) in [5.41, 5.74) is 4.28. The molecule has 2 aliphatic rings. The van der Waals surface area contributed by atoms with Gasteiger partial charge in [0.05, 0.1) is 18.9 Å². The summed E-state index contributed by atoms with van der Waals surface area (Å²) >= 11 is 9.68. The van der Waals surface area contributed by atoms with Crippen LogP contribution in [0.1, 0.15) is 35.4 Å². The van der Waals surface area contributed by atoms with E-state index in [2.05, 4.69) is 39.1 Å².